The molecule has 0 spiro atoms. The molecular formula is C12H14N6O2. The summed E-state index contributed by atoms with van der Waals surface area (Å²) < 4.78 is 1.36. The van der Waals surface area contributed by atoms with Crippen LogP contribution in [-0.4, -0.2) is 32.0 Å². The Morgan fingerprint density at radius 3 is 2.25 bits per heavy atom. The number of tetrazole rings is 1. The summed E-state index contributed by atoms with van der Waals surface area (Å²) in [6.45, 7) is 3.13. The van der Waals surface area contributed by atoms with E-state index in [1.807, 2.05) is 0 Å². The van der Waals surface area contributed by atoms with Crippen molar-refractivity contribution in [1.82, 2.24) is 20.2 Å². The quantitative estimate of drug-likeness (QED) is 0.859. The van der Waals surface area contributed by atoms with Crippen LogP contribution in [0.4, 0.5) is 11.4 Å². The maximum absolute atomic E-state index is 12.0. The van der Waals surface area contributed by atoms with E-state index in [1.165, 1.54) is 17.9 Å². The molecule has 20 heavy (non-hydrogen) atoms. The Morgan fingerprint density at radius 2 is 1.75 bits per heavy atom. The Labute approximate surface area is 115 Å². The number of carbonyl (C=O) groups excluding carboxylic acids is 2. The molecule has 8 nitrogen and oxygen atoms in total. The van der Waals surface area contributed by atoms with E-state index in [0.29, 0.717) is 11.4 Å². The highest BCUT2D eigenvalue weighted by molar-refractivity contribution is 5.94. The van der Waals surface area contributed by atoms with Crippen molar-refractivity contribution >= 4 is 23.2 Å². The Bertz CT molecular complexity index is 593. The minimum Gasteiger partial charge on any atom is -0.326 e. The number of nitrogens with zero attached hydrogens (tertiary/aromatic N) is 4. The number of nitrogens with one attached hydrogen (secondary N) is 2. The van der Waals surface area contributed by atoms with Gasteiger partial charge in [-0.05, 0) is 41.6 Å². The Kier molecular flexibility index (Phi) is 4.04. The SMILES string of the molecule is CC(=O)Nc1ccc(NC(=O)[C@H](C)n2cnnn2)cc1. The third kappa shape index (κ3) is 3.37. The van der Waals surface area contributed by atoms with Crippen molar-refractivity contribution in [1.29, 1.82) is 0 Å². The van der Waals surface area contributed by atoms with Crippen molar-refractivity contribution in [3.63, 3.8) is 0 Å². The molecular weight excluding hydrogens is 260 g/mol. The van der Waals surface area contributed by atoms with Crippen LogP contribution in [0.2, 0.25) is 0 Å². The monoisotopic (exact) mass is 274 g/mol. The van der Waals surface area contributed by atoms with Gasteiger partial charge in [0.2, 0.25) is 11.8 Å². The molecule has 0 saturated heterocycles. The van der Waals surface area contributed by atoms with Crippen molar-refractivity contribution in [2.24, 2.45) is 0 Å². The first-order valence-electron chi connectivity index (χ1n) is 5.97. The van der Waals surface area contributed by atoms with E-state index >= 15 is 0 Å². The first-order chi connectivity index (χ1) is 9.56. The molecule has 2 N–H and O–H groups in total. The summed E-state index contributed by atoms with van der Waals surface area (Å²) in [6.07, 6.45) is 1.38. The van der Waals surface area contributed by atoms with E-state index in [9.17, 15) is 9.59 Å². The number of rotatable bonds is 4. The van der Waals surface area contributed by atoms with Gasteiger partial charge < -0.3 is 10.6 Å². The van der Waals surface area contributed by atoms with E-state index < -0.39 is 6.04 Å². The standard InChI is InChI=1S/C12H14N6O2/c1-8(18-7-13-16-17-18)12(20)15-11-5-3-10(4-6-11)14-9(2)19/h3-8H,1-2H3,(H,14,19)(H,15,20)/t8-/m0/s1. The number of carbonyl (C=O) groups is 2. The summed E-state index contributed by atoms with van der Waals surface area (Å²) in [5.74, 6) is -0.376. The Balaban J connectivity index is 1.99. The normalized spacial score (nSPS) is 11.7. The molecule has 0 radical (unpaired) electrons. The average molecular weight is 274 g/mol. The van der Waals surface area contributed by atoms with Crippen LogP contribution in [0, 0.1) is 0 Å². The van der Waals surface area contributed by atoms with Gasteiger partial charge in [-0.15, -0.1) is 5.10 Å². The average Bonchev–Trinajstić information content (AvgIpc) is 2.93. The molecule has 104 valence electrons. The summed E-state index contributed by atoms with van der Waals surface area (Å²) in [5.41, 5.74) is 1.30. The highest BCUT2D eigenvalue weighted by atomic mass is 16.2. The maximum Gasteiger partial charge on any atom is 0.249 e. The number of hydrogen-bond donors (Lipinski definition) is 2. The topological polar surface area (TPSA) is 102 Å². The van der Waals surface area contributed by atoms with Gasteiger partial charge in [-0.1, -0.05) is 0 Å². The van der Waals surface area contributed by atoms with Crippen LogP contribution in [0.5, 0.6) is 0 Å². The number of hydrogen-bond acceptors (Lipinski definition) is 5. The molecule has 0 aliphatic carbocycles. The van der Waals surface area contributed by atoms with Gasteiger partial charge in [-0.3, -0.25) is 9.59 Å². The smallest absolute Gasteiger partial charge is 0.249 e. The van der Waals surface area contributed by atoms with Crippen LogP contribution >= 0.6 is 0 Å². The zero-order valence-corrected chi connectivity index (χ0v) is 11.1. The van der Waals surface area contributed by atoms with Gasteiger partial charge in [0.05, 0.1) is 0 Å². The Morgan fingerprint density at radius 1 is 1.15 bits per heavy atom. The van der Waals surface area contributed by atoms with Gasteiger partial charge in [0, 0.05) is 18.3 Å². The second-order valence-corrected chi connectivity index (χ2v) is 4.21. The molecule has 0 aliphatic heterocycles. The fourth-order valence-electron chi connectivity index (χ4n) is 1.55. The minimum absolute atomic E-state index is 0.144. The van der Waals surface area contributed by atoms with Gasteiger partial charge in [0.1, 0.15) is 12.4 Å². The van der Waals surface area contributed by atoms with Crippen LogP contribution in [0.1, 0.15) is 19.9 Å². The maximum atomic E-state index is 12.0. The van der Waals surface area contributed by atoms with Crippen LogP contribution in [0.25, 0.3) is 0 Å². The van der Waals surface area contributed by atoms with Gasteiger partial charge in [-0.25, -0.2) is 4.68 Å². The lowest BCUT2D eigenvalue weighted by Gasteiger charge is -2.11. The Hall–Kier alpha value is -2.77. The van der Waals surface area contributed by atoms with Crippen molar-refractivity contribution < 1.29 is 9.59 Å². The van der Waals surface area contributed by atoms with E-state index in [4.69, 9.17) is 0 Å². The second kappa shape index (κ2) is 5.91. The second-order valence-electron chi connectivity index (χ2n) is 4.21. The van der Waals surface area contributed by atoms with E-state index in [1.54, 1.807) is 31.2 Å². The van der Waals surface area contributed by atoms with E-state index in [2.05, 4.69) is 26.2 Å². The molecule has 2 aromatic rings. The molecule has 2 amide bonds. The fourth-order valence-corrected chi connectivity index (χ4v) is 1.55. The van der Waals surface area contributed by atoms with Crippen LogP contribution in [0.15, 0.2) is 30.6 Å². The van der Waals surface area contributed by atoms with Crippen molar-refractivity contribution in [2.45, 2.75) is 19.9 Å². The van der Waals surface area contributed by atoms with E-state index in [0.717, 1.165) is 0 Å². The summed E-state index contributed by atoms with van der Waals surface area (Å²) in [5, 5.41) is 16.0. The lowest BCUT2D eigenvalue weighted by atomic mass is 10.2. The highest BCUT2D eigenvalue weighted by Gasteiger charge is 2.15. The van der Waals surface area contributed by atoms with Crippen LogP contribution < -0.4 is 10.6 Å². The summed E-state index contributed by atoms with van der Waals surface area (Å²) >= 11 is 0. The number of benzene rings is 1. The number of amides is 2. The van der Waals surface area contributed by atoms with Gasteiger partial charge in [0.25, 0.3) is 0 Å². The zero-order valence-electron chi connectivity index (χ0n) is 11.1. The van der Waals surface area contributed by atoms with Gasteiger partial charge >= 0.3 is 0 Å². The third-order valence-corrected chi connectivity index (χ3v) is 2.61. The first-order valence-corrected chi connectivity index (χ1v) is 5.97. The van der Waals surface area contributed by atoms with Crippen molar-refractivity contribution in [3.8, 4) is 0 Å². The van der Waals surface area contributed by atoms with Crippen LogP contribution in [-0.2, 0) is 9.59 Å². The lowest BCUT2D eigenvalue weighted by molar-refractivity contribution is -0.119. The molecule has 8 heteroatoms. The minimum atomic E-state index is -0.514. The van der Waals surface area contributed by atoms with Gasteiger partial charge in [0.15, 0.2) is 0 Å². The molecule has 0 fully saturated rings. The van der Waals surface area contributed by atoms with Gasteiger partial charge in [-0.2, -0.15) is 0 Å². The van der Waals surface area contributed by atoms with Crippen molar-refractivity contribution in [3.05, 3.63) is 30.6 Å². The lowest BCUT2D eigenvalue weighted by Crippen LogP contribution is -2.24. The van der Waals surface area contributed by atoms with Crippen LogP contribution in [0.3, 0.4) is 0 Å². The molecule has 1 aromatic carbocycles. The summed E-state index contributed by atoms with van der Waals surface area (Å²) in [4.78, 5) is 22.9. The molecule has 1 atom stereocenters. The summed E-state index contributed by atoms with van der Waals surface area (Å²) in [6, 6.07) is 6.31. The zero-order chi connectivity index (χ0) is 14.5. The molecule has 0 saturated carbocycles. The number of anilines is 2. The molecule has 0 unspecified atom stereocenters. The van der Waals surface area contributed by atoms with Crippen molar-refractivity contribution in [2.75, 3.05) is 10.6 Å². The summed E-state index contributed by atoms with van der Waals surface area (Å²) in [7, 11) is 0. The third-order valence-electron chi connectivity index (χ3n) is 2.61. The molecule has 1 aromatic heterocycles. The first kappa shape index (κ1) is 13.7. The fraction of sp³-hybridized carbons (Fsp3) is 0.250. The largest absolute Gasteiger partial charge is 0.326 e. The molecule has 1 heterocycles. The molecule has 0 aliphatic rings. The predicted molar refractivity (Wildman–Crippen MR) is 71.9 cm³/mol. The highest BCUT2D eigenvalue weighted by Crippen LogP contribution is 2.15. The number of aromatic nitrogens is 4. The molecule has 2 rings (SSSR count). The predicted octanol–water partition coefficient (Wildman–Crippen LogP) is 0.831. The van der Waals surface area contributed by atoms with E-state index in [-0.39, 0.29) is 11.8 Å². The molecule has 0 bridgehead atoms.